The Labute approximate surface area is 165 Å². The molecule has 2 aromatic carbocycles. The molecule has 3 aromatic rings. The first-order valence-electron chi connectivity index (χ1n) is 9.04. The van der Waals surface area contributed by atoms with E-state index in [1.54, 1.807) is 12.1 Å². The highest BCUT2D eigenvalue weighted by atomic mass is 16.4. The molecule has 0 aliphatic heterocycles. The van der Waals surface area contributed by atoms with Crippen molar-refractivity contribution in [2.45, 2.75) is 27.7 Å². The molecule has 3 rings (SSSR count). The van der Waals surface area contributed by atoms with Crippen LogP contribution in [0.5, 0.6) is 0 Å². The number of aryl methyl sites for hydroxylation is 2. The van der Waals surface area contributed by atoms with Crippen molar-refractivity contribution in [1.82, 2.24) is 4.57 Å². The number of carboxylic acids is 1. The number of hydrogen-bond acceptors (Lipinski definition) is 2. The Morgan fingerprint density at radius 3 is 2.29 bits per heavy atom. The zero-order valence-electron chi connectivity index (χ0n) is 16.4. The van der Waals surface area contributed by atoms with Crippen molar-refractivity contribution in [3.05, 3.63) is 87.7 Å². The monoisotopic (exact) mass is 370 g/mol. The Kier molecular flexibility index (Phi) is 5.19. The summed E-state index contributed by atoms with van der Waals surface area (Å²) in [6.07, 6.45) is 1.86. The van der Waals surface area contributed by atoms with Crippen molar-refractivity contribution in [3.63, 3.8) is 0 Å². The van der Waals surface area contributed by atoms with E-state index in [0.29, 0.717) is 11.1 Å². The third-order valence-electron chi connectivity index (χ3n) is 5.15. The first-order valence-corrected chi connectivity index (χ1v) is 9.04. The van der Waals surface area contributed by atoms with Gasteiger partial charge in [0.15, 0.2) is 0 Å². The zero-order valence-corrected chi connectivity index (χ0v) is 16.4. The van der Waals surface area contributed by atoms with Gasteiger partial charge < -0.3 is 9.67 Å². The summed E-state index contributed by atoms with van der Waals surface area (Å²) in [5.74, 6) is -0.980. The van der Waals surface area contributed by atoms with Crippen LogP contribution < -0.4 is 0 Å². The van der Waals surface area contributed by atoms with Crippen LogP contribution in [0.3, 0.4) is 0 Å². The number of allylic oxidation sites excluding steroid dienone is 1. The summed E-state index contributed by atoms with van der Waals surface area (Å²) in [4.78, 5) is 11.0. The SMILES string of the molecule is Cc1cccc(-n2c(C)cc(/C=C(/C#N)c3ccc(C(=O)O)cc3)c2C)c1C. The van der Waals surface area contributed by atoms with Gasteiger partial charge in [0.2, 0.25) is 0 Å². The molecule has 0 saturated heterocycles. The summed E-state index contributed by atoms with van der Waals surface area (Å²) in [5.41, 5.74) is 8.12. The Bertz CT molecular complexity index is 1130. The number of benzene rings is 2. The standard InChI is InChI=1S/C24H22N2O2/c1-15-6-5-7-23(17(15)3)26-16(2)12-21(18(26)4)13-22(14-25)19-8-10-20(11-9-19)24(27)28/h5-13H,1-4H3,(H,27,28)/b22-13-. The third-order valence-corrected chi connectivity index (χ3v) is 5.15. The molecular formula is C24H22N2O2. The van der Waals surface area contributed by atoms with E-state index in [0.717, 1.165) is 22.6 Å². The molecule has 4 heteroatoms. The van der Waals surface area contributed by atoms with Crippen molar-refractivity contribution in [2.24, 2.45) is 0 Å². The molecule has 1 aromatic heterocycles. The van der Waals surface area contributed by atoms with Crippen LogP contribution in [-0.2, 0) is 0 Å². The molecule has 0 bridgehead atoms. The normalized spacial score (nSPS) is 11.3. The summed E-state index contributed by atoms with van der Waals surface area (Å²) >= 11 is 0. The van der Waals surface area contributed by atoms with E-state index in [1.165, 1.54) is 23.3 Å². The molecule has 140 valence electrons. The van der Waals surface area contributed by atoms with E-state index in [4.69, 9.17) is 5.11 Å². The van der Waals surface area contributed by atoms with Gasteiger partial charge in [-0.05, 0) is 80.3 Å². The lowest BCUT2D eigenvalue weighted by atomic mass is 10.0. The minimum absolute atomic E-state index is 0.203. The molecule has 0 aliphatic carbocycles. The van der Waals surface area contributed by atoms with Crippen molar-refractivity contribution >= 4 is 17.6 Å². The Hall–Kier alpha value is -3.58. The Morgan fingerprint density at radius 2 is 1.68 bits per heavy atom. The molecule has 0 amide bonds. The number of aromatic carboxylic acids is 1. The molecule has 0 radical (unpaired) electrons. The summed E-state index contributed by atoms with van der Waals surface area (Å²) < 4.78 is 2.21. The molecule has 0 saturated carbocycles. The molecule has 0 atom stereocenters. The molecule has 0 spiro atoms. The molecule has 1 heterocycles. The number of nitriles is 1. The van der Waals surface area contributed by atoms with E-state index in [9.17, 15) is 10.1 Å². The summed E-state index contributed by atoms with van der Waals surface area (Å²) in [5, 5.41) is 18.7. The highest BCUT2D eigenvalue weighted by Crippen LogP contribution is 2.27. The number of carboxylic acid groups (broad SMARTS) is 1. The van der Waals surface area contributed by atoms with Crippen molar-refractivity contribution in [3.8, 4) is 11.8 Å². The van der Waals surface area contributed by atoms with Crippen LogP contribution in [0, 0.1) is 39.0 Å². The van der Waals surface area contributed by atoms with Gasteiger partial charge in [-0.3, -0.25) is 0 Å². The minimum Gasteiger partial charge on any atom is -0.478 e. The van der Waals surface area contributed by atoms with Crippen LogP contribution in [-0.4, -0.2) is 15.6 Å². The minimum atomic E-state index is -0.980. The maximum atomic E-state index is 11.0. The number of aromatic nitrogens is 1. The van der Waals surface area contributed by atoms with E-state index in [-0.39, 0.29) is 5.56 Å². The van der Waals surface area contributed by atoms with Crippen LogP contribution in [0.4, 0.5) is 0 Å². The van der Waals surface area contributed by atoms with Crippen LogP contribution in [0.1, 0.15) is 44.0 Å². The van der Waals surface area contributed by atoms with Crippen molar-refractivity contribution in [2.75, 3.05) is 0 Å². The van der Waals surface area contributed by atoms with E-state index in [1.807, 2.05) is 13.0 Å². The first-order chi connectivity index (χ1) is 13.3. The maximum absolute atomic E-state index is 11.0. The highest BCUT2D eigenvalue weighted by molar-refractivity contribution is 5.92. The van der Waals surface area contributed by atoms with Gasteiger partial charge in [-0.15, -0.1) is 0 Å². The fourth-order valence-electron chi connectivity index (χ4n) is 3.41. The summed E-state index contributed by atoms with van der Waals surface area (Å²) in [7, 11) is 0. The molecule has 0 fully saturated rings. The second kappa shape index (κ2) is 7.58. The average Bonchev–Trinajstić information content (AvgIpc) is 2.95. The Balaban J connectivity index is 2.08. The first kappa shape index (κ1) is 19.2. The van der Waals surface area contributed by atoms with Gasteiger partial charge in [0.1, 0.15) is 0 Å². The largest absolute Gasteiger partial charge is 0.478 e. The van der Waals surface area contributed by atoms with Crippen molar-refractivity contribution in [1.29, 1.82) is 5.26 Å². The highest BCUT2D eigenvalue weighted by Gasteiger charge is 2.13. The van der Waals surface area contributed by atoms with Crippen LogP contribution in [0.25, 0.3) is 17.3 Å². The van der Waals surface area contributed by atoms with Crippen LogP contribution >= 0.6 is 0 Å². The smallest absolute Gasteiger partial charge is 0.335 e. The number of rotatable bonds is 4. The summed E-state index contributed by atoms with van der Waals surface area (Å²) in [6, 6.07) is 16.9. The van der Waals surface area contributed by atoms with E-state index >= 15 is 0 Å². The second-order valence-corrected chi connectivity index (χ2v) is 6.93. The van der Waals surface area contributed by atoms with E-state index in [2.05, 4.69) is 55.7 Å². The topological polar surface area (TPSA) is 66.0 Å². The number of nitrogens with zero attached hydrogens (tertiary/aromatic N) is 2. The van der Waals surface area contributed by atoms with Gasteiger partial charge in [-0.25, -0.2) is 4.79 Å². The molecule has 0 aliphatic rings. The van der Waals surface area contributed by atoms with Crippen LogP contribution in [0.2, 0.25) is 0 Å². The van der Waals surface area contributed by atoms with E-state index < -0.39 is 5.97 Å². The lowest BCUT2D eigenvalue weighted by molar-refractivity contribution is 0.0697. The summed E-state index contributed by atoms with van der Waals surface area (Å²) in [6.45, 7) is 8.31. The second-order valence-electron chi connectivity index (χ2n) is 6.93. The predicted molar refractivity (Wildman–Crippen MR) is 112 cm³/mol. The van der Waals surface area contributed by atoms with Gasteiger partial charge in [0.05, 0.1) is 17.2 Å². The van der Waals surface area contributed by atoms with Crippen LogP contribution in [0.15, 0.2) is 48.5 Å². The molecule has 28 heavy (non-hydrogen) atoms. The van der Waals surface area contributed by atoms with Crippen molar-refractivity contribution < 1.29 is 9.90 Å². The lowest BCUT2D eigenvalue weighted by Gasteiger charge is -2.14. The van der Waals surface area contributed by atoms with Gasteiger partial charge >= 0.3 is 5.97 Å². The number of hydrogen-bond donors (Lipinski definition) is 1. The third kappa shape index (κ3) is 3.47. The predicted octanol–water partition coefficient (Wildman–Crippen LogP) is 5.47. The number of carbonyl (C=O) groups is 1. The molecular weight excluding hydrogens is 348 g/mol. The average molecular weight is 370 g/mol. The molecule has 1 N–H and O–H groups in total. The Morgan fingerprint density at radius 1 is 1.04 bits per heavy atom. The quantitative estimate of drug-likeness (QED) is 0.619. The van der Waals surface area contributed by atoms with Gasteiger partial charge in [0.25, 0.3) is 0 Å². The molecule has 4 nitrogen and oxygen atoms in total. The fourth-order valence-corrected chi connectivity index (χ4v) is 3.41. The molecule has 0 unspecified atom stereocenters. The lowest BCUT2D eigenvalue weighted by Crippen LogP contribution is -2.02. The zero-order chi connectivity index (χ0) is 20.4. The fraction of sp³-hybridized carbons (Fsp3) is 0.167. The maximum Gasteiger partial charge on any atom is 0.335 e. The van der Waals surface area contributed by atoms with Gasteiger partial charge in [-0.1, -0.05) is 24.3 Å². The van der Waals surface area contributed by atoms with Gasteiger partial charge in [0, 0.05) is 17.1 Å². The van der Waals surface area contributed by atoms with Gasteiger partial charge in [-0.2, -0.15) is 5.26 Å².